The largest absolute Gasteiger partial charge is 0.491 e. The van der Waals surface area contributed by atoms with Crippen molar-refractivity contribution in [2.45, 2.75) is 13.1 Å². The first-order valence-electron chi connectivity index (χ1n) is 5.19. The Bertz CT molecular complexity index is 630. The van der Waals surface area contributed by atoms with Crippen LogP contribution in [-0.4, -0.2) is 16.6 Å². The van der Waals surface area contributed by atoms with Crippen LogP contribution >= 0.6 is 11.6 Å². The van der Waals surface area contributed by atoms with E-state index in [-0.39, 0.29) is 23.4 Å². The van der Waals surface area contributed by atoms with Crippen molar-refractivity contribution in [2.24, 2.45) is 0 Å². The average molecular weight is 295 g/mol. The van der Waals surface area contributed by atoms with Crippen LogP contribution in [0.4, 0.5) is 17.6 Å². The minimum atomic E-state index is -4.72. The van der Waals surface area contributed by atoms with Crippen LogP contribution < -0.4 is 4.74 Å². The minimum absolute atomic E-state index is 0.0704. The molecular weight excluding hydrogens is 288 g/mol. The molecule has 0 atom stereocenters. The van der Waals surface area contributed by atoms with Crippen molar-refractivity contribution in [1.82, 2.24) is 9.97 Å². The molecule has 3 nitrogen and oxygen atoms in total. The highest BCUT2D eigenvalue weighted by atomic mass is 35.5. The van der Waals surface area contributed by atoms with Crippen molar-refractivity contribution in [3.63, 3.8) is 0 Å². The molecule has 2 aromatic rings. The van der Waals surface area contributed by atoms with E-state index in [1.165, 1.54) is 0 Å². The number of nitrogens with zero attached hydrogens (tertiary/aromatic N) is 2. The standard InChI is InChI=1S/C11H7ClF4N2O/c1-2-19-8-4-7-6(3-5(8)13)18-10(12)9(17-7)11(14,15)16/h3-4H,2H2,1H3. The molecule has 0 radical (unpaired) electrons. The van der Waals surface area contributed by atoms with E-state index in [1.54, 1.807) is 6.92 Å². The molecule has 2 rings (SSSR count). The summed E-state index contributed by atoms with van der Waals surface area (Å²) in [5, 5.41) is -0.816. The van der Waals surface area contributed by atoms with Gasteiger partial charge < -0.3 is 4.74 Å². The Hall–Kier alpha value is -1.63. The van der Waals surface area contributed by atoms with E-state index in [4.69, 9.17) is 16.3 Å². The Balaban J connectivity index is 2.67. The third kappa shape index (κ3) is 2.70. The molecule has 0 spiro atoms. The van der Waals surface area contributed by atoms with Crippen LogP contribution in [0.3, 0.4) is 0 Å². The predicted molar refractivity (Wildman–Crippen MR) is 60.7 cm³/mol. The van der Waals surface area contributed by atoms with Gasteiger partial charge in [0.05, 0.1) is 17.6 Å². The molecule has 0 saturated heterocycles. The van der Waals surface area contributed by atoms with E-state index in [0.29, 0.717) is 0 Å². The van der Waals surface area contributed by atoms with Crippen LogP contribution in [0.25, 0.3) is 11.0 Å². The van der Waals surface area contributed by atoms with Crippen LogP contribution in [0.15, 0.2) is 12.1 Å². The lowest BCUT2D eigenvalue weighted by Gasteiger charge is -2.10. The van der Waals surface area contributed by atoms with Gasteiger partial charge in [-0.3, -0.25) is 0 Å². The SMILES string of the molecule is CCOc1cc2nc(C(F)(F)F)c(Cl)nc2cc1F. The maximum absolute atomic E-state index is 13.5. The second kappa shape index (κ2) is 4.80. The molecule has 1 aromatic carbocycles. The molecule has 0 amide bonds. The third-order valence-corrected chi connectivity index (χ3v) is 2.51. The summed E-state index contributed by atoms with van der Waals surface area (Å²) in [5.74, 6) is -0.917. The number of hydrogen-bond donors (Lipinski definition) is 0. The second-order valence-electron chi connectivity index (χ2n) is 3.57. The molecule has 8 heteroatoms. The van der Waals surface area contributed by atoms with Crippen LogP contribution in [0.1, 0.15) is 12.6 Å². The van der Waals surface area contributed by atoms with Gasteiger partial charge in [0.2, 0.25) is 0 Å². The zero-order valence-corrected chi connectivity index (χ0v) is 10.3. The highest BCUT2D eigenvalue weighted by Crippen LogP contribution is 2.34. The fourth-order valence-corrected chi connectivity index (χ4v) is 1.72. The molecule has 1 aromatic heterocycles. The summed E-state index contributed by atoms with van der Waals surface area (Å²) in [6.07, 6.45) is -4.72. The Morgan fingerprint density at radius 1 is 1.21 bits per heavy atom. The van der Waals surface area contributed by atoms with Gasteiger partial charge in [0, 0.05) is 12.1 Å². The first-order valence-corrected chi connectivity index (χ1v) is 5.57. The predicted octanol–water partition coefficient (Wildman–Crippen LogP) is 3.84. The summed E-state index contributed by atoms with van der Waals surface area (Å²) in [7, 11) is 0. The van der Waals surface area contributed by atoms with Crippen LogP contribution in [0.5, 0.6) is 5.75 Å². The number of alkyl halides is 3. The molecule has 0 aliphatic carbocycles. The lowest BCUT2D eigenvalue weighted by atomic mass is 10.2. The summed E-state index contributed by atoms with van der Waals surface area (Å²) in [6, 6.07) is 1.99. The lowest BCUT2D eigenvalue weighted by molar-refractivity contribution is -0.141. The Labute approximate surface area is 110 Å². The smallest absolute Gasteiger partial charge is 0.436 e. The fraction of sp³-hybridized carbons (Fsp3) is 0.273. The van der Waals surface area contributed by atoms with E-state index < -0.39 is 22.8 Å². The number of benzene rings is 1. The van der Waals surface area contributed by atoms with E-state index >= 15 is 0 Å². The van der Waals surface area contributed by atoms with Crippen molar-refractivity contribution < 1.29 is 22.3 Å². The van der Waals surface area contributed by atoms with Crippen LogP contribution in [0.2, 0.25) is 5.15 Å². The van der Waals surface area contributed by atoms with E-state index in [2.05, 4.69) is 9.97 Å². The van der Waals surface area contributed by atoms with Gasteiger partial charge in [-0.1, -0.05) is 11.6 Å². The van der Waals surface area contributed by atoms with Gasteiger partial charge in [-0.2, -0.15) is 13.2 Å². The summed E-state index contributed by atoms with van der Waals surface area (Å²) < 4.78 is 56.3. The first-order chi connectivity index (χ1) is 8.82. The van der Waals surface area contributed by atoms with E-state index in [1.807, 2.05) is 0 Å². The number of hydrogen-bond acceptors (Lipinski definition) is 3. The normalized spacial score (nSPS) is 11.9. The quantitative estimate of drug-likeness (QED) is 0.789. The maximum atomic E-state index is 13.5. The van der Waals surface area contributed by atoms with Crippen molar-refractivity contribution in [3.05, 3.63) is 28.8 Å². The van der Waals surface area contributed by atoms with Gasteiger partial charge in [-0.05, 0) is 6.92 Å². The van der Waals surface area contributed by atoms with Crippen LogP contribution in [0, 0.1) is 5.82 Å². The Morgan fingerprint density at radius 2 is 1.84 bits per heavy atom. The second-order valence-corrected chi connectivity index (χ2v) is 3.92. The third-order valence-electron chi connectivity index (χ3n) is 2.24. The topological polar surface area (TPSA) is 35.0 Å². The maximum Gasteiger partial charge on any atom is 0.436 e. The molecule has 0 saturated carbocycles. The molecular formula is C11H7ClF4N2O. The minimum Gasteiger partial charge on any atom is -0.491 e. The fourth-order valence-electron chi connectivity index (χ4n) is 1.48. The number of ether oxygens (including phenoxy) is 1. The van der Waals surface area contributed by atoms with E-state index in [0.717, 1.165) is 12.1 Å². The van der Waals surface area contributed by atoms with Crippen molar-refractivity contribution in [3.8, 4) is 5.75 Å². The van der Waals surface area contributed by atoms with Crippen LogP contribution in [-0.2, 0) is 6.18 Å². The number of rotatable bonds is 2. The molecule has 102 valence electrons. The molecule has 0 unspecified atom stereocenters. The van der Waals surface area contributed by atoms with Gasteiger partial charge in [0.1, 0.15) is 0 Å². The van der Waals surface area contributed by atoms with Gasteiger partial charge >= 0.3 is 6.18 Å². The molecule has 19 heavy (non-hydrogen) atoms. The van der Waals surface area contributed by atoms with Crippen molar-refractivity contribution >= 4 is 22.6 Å². The molecule has 0 aliphatic heterocycles. The molecule has 0 bridgehead atoms. The average Bonchev–Trinajstić information content (AvgIpc) is 2.28. The van der Waals surface area contributed by atoms with Gasteiger partial charge in [0.15, 0.2) is 22.4 Å². The zero-order valence-electron chi connectivity index (χ0n) is 9.55. The number of halogens is 5. The Morgan fingerprint density at radius 3 is 2.42 bits per heavy atom. The number of aromatic nitrogens is 2. The van der Waals surface area contributed by atoms with Gasteiger partial charge in [-0.25, -0.2) is 14.4 Å². The Kier molecular flexibility index (Phi) is 3.49. The number of fused-ring (bicyclic) bond motifs is 1. The zero-order chi connectivity index (χ0) is 14.2. The summed E-state index contributed by atoms with van der Waals surface area (Å²) >= 11 is 5.39. The molecule has 1 heterocycles. The monoisotopic (exact) mass is 294 g/mol. The molecule has 0 N–H and O–H groups in total. The van der Waals surface area contributed by atoms with Crippen molar-refractivity contribution in [2.75, 3.05) is 6.61 Å². The highest BCUT2D eigenvalue weighted by molar-refractivity contribution is 6.30. The highest BCUT2D eigenvalue weighted by Gasteiger charge is 2.36. The first kappa shape index (κ1) is 13.8. The van der Waals surface area contributed by atoms with Gasteiger partial charge in [-0.15, -0.1) is 0 Å². The van der Waals surface area contributed by atoms with E-state index in [9.17, 15) is 17.6 Å². The van der Waals surface area contributed by atoms with Gasteiger partial charge in [0.25, 0.3) is 0 Å². The lowest BCUT2D eigenvalue weighted by Crippen LogP contribution is -2.10. The summed E-state index contributed by atoms with van der Waals surface area (Å²) in [4.78, 5) is 6.86. The summed E-state index contributed by atoms with van der Waals surface area (Å²) in [6.45, 7) is 1.80. The summed E-state index contributed by atoms with van der Waals surface area (Å²) in [5.41, 5.74) is -1.52. The molecule has 0 fully saturated rings. The molecule has 0 aliphatic rings. The van der Waals surface area contributed by atoms with Crippen molar-refractivity contribution in [1.29, 1.82) is 0 Å².